The van der Waals surface area contributed by atoms with E-state index in [-0.39, 0.29) is 12.5 Å². The van der Waals surface area contributed by atoms with Crippen LogP contribution in [0.5, 0.6) is 0 Å². The van der Waals surface area contributed by atoms with Crippen LogP contribution in [0.3, 0.4) is 0 Å². The molecule has 2 aromatic rings. The highest BCUT2D eigenvalue weighted by molar-refractivity contribution is 5.79. The lowest BCUT2D eigenvalue weighted by Gasteiger charge is -2.28. The van der Waals surface area contributed by atoms with Crippen molar-refractivity contribution in [1.29, 1.82) is 0 Å². The summed E-state index contributed by atoms with van der Waals surface area (Å²) in [6.07, 6.45) is 2.52. The van der Waals surface area contributed by atoms with Crippen LogP contribution < -0.4 is 0 Å². The monoisotopic (exact) mass is 257 g/mol. The summed E-state index contributed by atoms with van der Waals surface area (Å²) in [5, 5.41) is 1.02. The van der Waals surface area contributed by atoms with Gasteiger partial charge in [0, 0.05) is 43.9 Å². The van der Waals surface area contributed by atoms with Crippen LogP contribution in [0.25, 0.3) is 11.0 Å². The molecule has 0 spiro atoms. The molecule has 1 amide bonds. The Morgan fingerprint density at radius 3 is 3.26 bits per heavy atom. The van der Waals surface area contributed by atoms with Gasteiger partial charge in [0.2, 0.25) is 5.91 Å². The van der Waals surface area contributed by atoms with Gasteiger partial charge in [-0.3, -0.25) is 4.79 Å². The summed E-state index contributed by atoms with van der Waals surface area (Å²) in [6.45, 7) is 1.44. The first-order valence-electron chi connectivity index (χ1n) is 6.28. The Labute approximate surface area is 111 Å². The normalized spacial score (nSPS) is 14.5. The molecular weight excluding hydrogens is 242 g/mol. The number of hydrogen-bond donors (Lipinski definition) is 0. The standard InChI is InChI=1S/C14H15N3O2/c1-19-9-13(18)17-6-4-12-11(8-17)7-10-3-2-5-15-14(10)16-12/h2-3,5,7H,4,6,8-9H2,1H3. The largest absolute Gasteiger partial charge is 0.375 e. The predicted molar refractivity (Wildman–Crippen MR) is 70.5 cm³/mol. The lowest BCUT2D eigenvalue weighted by Crippen LogP contribution is -2.38. The van der Waals surface area contributed by atoms with Crippen LogP contribution in [0, 0.1) is 0 Å². The summed E-state index contributed by atoms with van der Waals surface area (Å²) in [6, 6.07) is 5.97. The van der Waals surface area contributed by atoms with E-state index in [4.69, 9.17) is 4.74 Å². The molecule has 3 heterocycles. The summed E-state index contributed by atoms with van der Waals surface area (Å²) in [4.78, 5) is 22.5. The van der Waals surface area contributed by atoms with Gasteiger partial charge in [-0.2, -0.15) is 0 Å². The van der Waals surface area contributed by atoms with Crippen LogP contribution in [0.15, 0.2) is 24.4 Å². The molecule has 0 fully saturated rings. The number of hydrogen-bond acceptors (Lipinski definition) is 4. The first kappa shape index (κ1) is 12.0. The lowest BCUT2D eigenvalue weighted by molar-refractivity contribution is -0.136. The van der Waals surface area contributed by atoms with E-state index in [9.17, 15) is 4.79 Å². The number of amides is 1. The van der Waals surface area contributed by atoms with Crippen molar-refractivity contribution in [2.24, 2.45) is 0 Å². The molecule has 19 heavy (non-hydrogen) atoms. The van der Waals surface area contributed by atoms with Crippen molar-refractivity contribution >= 4 is 16.9 Å². The number of carbonyl (C=O) groups is 1. The molecule has 0 unspecified atom stereocenters. The number of nitrogens with zero attached hydrogens (tertiary/aromatic N) is 3. The molecule has 1 aliphatic heterocycles. The van der Waals surface area contributed by atoms with Gasteiger partial charge < -0.3 is 9.64 Å². The highest BCUT2D eigenvalue weighted by Crippen LogP contribution is 2.21. The number of ether oxygens (including phenoxy) is 1. The Morgan fingerprint density at radius 2 is 2.42 bits per heavy atom. The van der Waals surface area contributed by atoms with Gasteiger partial charge in [0.05, 0.1) is 0 Å². The van der Waals surface area contributed by atoms with Gasteiger partial charge in [0.1, 0.15) is 6.61 Å². The third-order valence-electron chi connectivity index (χ3n) is 3.36. The van der Waals surface area contributed by atoms with Gasteiger partial charge in [-0.25, -0.2) is 9.97 Å². The van der Waals surface area contributed by atoms with E-state index < -0.39 is 0 Å². The van der Waals surface area contributed by atoms with Gasteiger partial charge in [0.25, 0.3) is 0 Å². The quantitative estimate of drug-likeness (QED) is 0.810. The summed E-state index contributed by atoms with van der Waals surface area (Å²) in [5.74, 6) is 0.0273. The first-order chi connectivity index (χ1) is 9.28. The predicted octanol–water partition coefficient (Wildman–Crippen LogP) is 1.16. The van der Waals surface area contributed by atoms with Crippen molar-refractivity contribution in [1.82, 2.24) is 14.9 Å². The Hall–Kier alpha value is -2.01. The fraction of sp³-hybridized carbons (Fsp3) is 0.357. The second kappa shape index (κ2) is 4.93. The average molecular weight is 257 g/mol. The number of methoxy groups -OCH3 is 1. The van der Waals surface area contributed by atoms with Crippen LogP contribution in [-0.2, 0) is 22.5 Å². The van der Waals surface area contributed by atoms with Crippen LogP contribution in [0.2, 0.25) is 0 Å². The molecule has 0 saturated heterocycles. The van der Waals surface area contributed by atoms with E-state index in [1.165, 1.54) is 7.11 Å². The van der Waals surface area contributed by atoms with E-state index in [1.807, 2.05) is 17.0 Å². The van der Waals surface area contributed by atoms with Gasteiger partial charge in [-0.15, -0.1) is 0 Å². The average Bonchev–Trinajstić information content (AvgIpc) is 2.44. The van der Waals surface area contributed by atoms with Gasteiger partial charge in [0.15, 0.2) is 5.65 Å². The van der Waals surface area contributed by atoms with Gasteiger partial charge >= 0.3 is 0 Å². The van der Waals surface area contributed by atoms with Crippen LogP contribution in [0.4, 0.5) is 0 Å². The zero-order valence-electron chi connectivity index (χ0n) is 10.8. The SMILES string of the molecule is COCC(=O)N1CCc2nc3ncccc3cc2C1. The molecule has 0 saturated carbocycles. The smallest absolute Gasteiger partial charge is 0.248 e. The summed E-state index contributed by atoms with van der Waals surface area (Å²) >= 11 is 0. The van der Waals surface area contributed by atoms with E-state index >= 15 is 0 Å². The minimum Gasteiger partial charge on any atom is -0.375 e. The lowest BCUT2D eigenvalue weighted by atomic mass is 10.0. The molecule has 0 N–H and O–H groups in total. The Kier molecular flexibility index (Phi) is 3.13. The maximum Gasteiger partial charge on any atom is 0.248 e. The maximum atomic E-state index is 11.8. The van der Waals surface area contributed by atoms with E-state index in [1.54, 1.807) is 6.20 Å². The Balaban J connectivity index is 1.92. The highest BCUT2D eigenvalue weighted by Gasteiger charge is 2.21. The Morgan fingerprint density at radius 1 is 1.53 bits per heavy atom. The van der Waals surface area contributed by atoms with Gasteiger partial charge in [-0.1, -0.05) is 0 Å². The zero-order chi connectivity index (χ0) is 13.2. The maximum absolute atomic E-state index is 11.8. The molecule has 2 aromatic heterocycles. The van der Waals surface area contributed by atoms with Crippen molar-refractivity contribution in [2.75, 3.05) is 20.3 Å². The number of fused-ring (bicyclic) bond motifs is 2. The molecule has 0 aliphatic carbocycles. The van der Waals surface area contributed by atoms with E-state index in [2.05, 4.69) is 16.0 Å². The molecule has 0 bridgehead atoms. The molecule has 5 nitrogen and oxygen atoms in total. The number of rotatable bonds is 2. The number of aromatic nitrogens is 2. The minimum absolute atomic E-state index is 0.0273. The molecule has 1 aliphatic rings. The minimum atomic E-state index is 0.0273. The molecule has 0 atom stereocenters. The van der Waals surface area contributed by atoms with Crippen LogP contribution in [-0.4, -0.2) is 41.0 Å². The van der Waals surface area contributed by atoms with Crippen molar-refractivity contribution in [3.8, 4) is 0 Å². The zero-order valence-corrected chi connectivity index (χ0v) is 10.8. The fourth-order valence-electron chi connectivity index (χ4n) is 2.39. The van der Waals surface area contributed by atoms with E-state index in [0.717, 1.165) is 28.7 Å². The Bertz CT molecular complexity index is 627. The molecule has 5 heteroatoms. The second-order valence-corrected chi connectivity index (χ2v) is 4.64. The molecule has 3 rings (SSSR count). The number of carbonyl (C=O) groups excluding carboxylic acids is 1. The number of pyridine rings is 2. The van der Waals surface area contributed by atoms with Crippen molar-refractivity contribution in [2.45, 2.75) is 13.0 Å². The molecule has 0 aromatic carbocycles. The fourth-order valence-corrected chi connectivity index (χ4v) is 2.39. The third-order valence-corrected chi connectivity index (χ3v) is 3.36. The van der Waals surface area contributed by atoms with Crippen LogP contribution in [0.1, 0.15) is 11.3 Å². The first-order valence-corrected chi connectivity index (χ1v) is 6.28. The summed E-state index contributed by atoms with van der Waals surface area (Å²) in [5.41, 5.74) is 2.93. The molecular formula is C14H15N3O2. The summed E-state index contributed by atoms with van der Waals surface area (Å²) in [7, 11) is 1.54. The topological polar surface area (TPSA) is 55.3 Å². The molecule has 0 radical (unpaired) electrons. The highest BCUT2D eigenvalue weighted by atomic mass is 16.5. The third kappa shape index (κ3) is 2.29. The van der Waals surface area contributed by atoms with Crippen molar-refractivity contribution in [3.63, 3.8) is 0 Å². The van der Waals surface area contributed by atoms with Gasteiger partial charge in [-0.05, 0) is 23.8 Å². The van der Waals surface area contributed by atoms with Crippen LogP contribution >= 0.6 is 0 Å². The molecule has 98 valence electrons. The van der Waals surface area contributed by atoms with Crippen molar-refractivity contribution in [3.05, 3.63) is 35.7 Å². The second-order valence-electron chi connectivity index (χ2n) is 4.64. The van der Waals surface area contributed by atoms with E-state index in [0.29, 0.717) is 13.1 Å². The summed E-state index contributed by atoms with van der Waals surface area (Å²) < 4.78 is 4.90. The van der Waals surface area contributed by atoms with Crippen molar-refractivity contribution < 1.29 is 9.53 Å².